The molecule has 6 nitrogen and oxygen atoms in total. The molecule has 1 aromatic rings. The van der Waals surface area contributed by atoms with E-state index in [0.717, 1.165) is 5.56 Å². The van der Waals surface area contributed by atoms with Crippen molar-refractivity contribution in [2.75, 3.05) is 6.61 Å². The van der Waals surface area contributed by atoms with E-state index in [2.05, 4.69) is 0 Å². The summed E-state index contributed by atoms with van der Waals surface area (Å²) in [5.41, 5.74) is 1.01. The lowest BCUT2D eigenvalue weighted by molar-refractivity contribution is -0.224. The fourth-order valence-electron chi connectivity index (χ4n) is 2.84. The van der Waals surface area contributed by atoms with Crippen molar-refractivity contribution in [3.63, 3.8) is 0 Å². The zero-order chi connectivity index (χ0) is 16.4. The van der Waals surface area contributed by atoms with Gasteiger partial charge in [-0.2, -0.15) is 0 Å². The molecule has 23 heavy (non-hydrogen) atoms. The summed E-state index contributed by atoms with van der Waals surface area (Å²) >= 11 is 0. The van der Waals surface area contributed by atoms with Gasteiger partial charge in [0, 0.05) is 0 Å². The number of rotatable bonds is 5. The van der Waals surface area contributed by atoms with Crippen molar-refractivity contribution in [2.45, 2.75) is 57.8 Å². The maximum atomic E-state index is 12.1. The Labute approximate surface area is 135 Å². The van der Waals surface area contributed by atoms with Crippen LogP contribution < -0.4 is 0 Å². The van der Waals surface area contributed by atoms with Gasteiger partial charge in [0.15, 0.2) is 18.2 Å². The number of hydrogen-bond donors (Lipinski definition) is 0. The molecule has 4 atom stereocenters. The van der Waals surface area contributed by atoms with E-state index in [1.807, 2.05) is 44.2 Å². The lowest BCUT2D eigenvalue weighted by Gasteiger charge is -2.25. The highest BCUT2D eigenvalue weighted by atomic mass is 16.8. The van der Waals surface area contributed by atoms with Gasteiger partial charge in [0.05, 0.1) is 13.2 Å². The molecule has 3 rings (SSSR count). The minimum Gasteiger partial charge on any atom is -0.464 e. The second-order valence-corrected chi connectivity index (χ2v) is 6.04. The van der Waals surface area contributed by atoms with E-state index in [1.54, 1.807) is 6.92 Å². The molecule has 0 unspecified atom stereocenters. The number of fused-ring (bicyclic) bond motifs is 1. The third kappa shape index (κ3) is 3.55. The largest absolute Gasteiger partial charge is 0.464 e. The molecule has 0 aromatic heterocycles. The molecule has 2 fully saturated rings. The highest BCUT2D eigenvalue weighted by molar-refractivity contribution is 5.76. The number of hydrogen-bond acceptors (Lipinski definition) is 6. The van der Waals surface area contributed by atoms with Crippen LogP contribution in [0.5, 0.6) is 0 Å². The van der Waals surface area contributed by atoms with Crippen molar-refractivity contribution in [1.29, 1.82) is 0 Å². The molecule has 0 bridgehead atoms. The third-order valence-corrected chi connectivity index (χ3v) is 3.80. The van der Waals surface area contributed by atoms with Crippen LogP contribution in [0.2, 0.25) is 0 Å². The van der Waals surface area contributed by atoms with Crippen LogP contribution in [0.15, 0.2) is 30.3 Å². The summed E-state index contributed by atoms with van der Waals surface area (Å²) in [5, 5.41) is 0. The van der Waals surface area contributed by atoms with E-state index in [0.29, 0.717) is 6.61 Å². The molecule has 0 radical (unpaired) electrons. The van der Waals surface area contributed by atoms with Gasteiger partial charge in [0.25, 0.3) is 0 Å². The summed E-state index contributed by atoms with van der Waals surface area (Å²) in [4.78, 5) is 12.1. The Morgan fingerprint density at radius 3 is 2.65 bits per heavy atom. The highest BCUT2D eigenvalue weighted by Crippen LogP contribution is 2.39. The Hall–Kier alpha value is -1.47. The lowest BCUT2D eigenvalue weighted by atomic mass is 10.1. The molecule has 6 heteroatoms. The van der Waals surface area contributed by atoms with Gasteiger partial charge in [-0.25, -0.2) is 4.79 Å². The van der Waals surface area contributed by atoms with Gasteiger partial charge < -0.3 is 23.7 Å². The van der Waals surface area contributed by atoms with Crippen molar-refractivity contribution in [3.05, 3.63) is 35.9 Å². The Morgan fingerprint density at radius 2 is 1.96 bits per heavy atom. The van der Waals surface area contributed by atoms with Gasteiger partial charge in [-0.05, 0) is 26.3 Å². The average molecular weight is 322 g/mol. The summed E-state index contributed by atoms with van der Waals surface area (Å²) in [6.45, 7) is 6.01. The Bertz CT molecular complexity index is 543. The summed E-state index contributed by atoms with van der Waals surface area (Å²) in [7, 11) is 0. The number of ether oxygens (including phenoxy) is 5. The predicted molar refractivity (Wildman–Crippen MR) is 80.4 cm³/mol. The Kier molecular flexibility index (Phi) is 4.68. The van der Waals surface area contributed by atoms with Crippen LogP contribution >= 0.6 is 0 Å². The van der Waals surface area contributed by atoms with Gasteiger partial charge in [-0.1, -0.05) is 30.3 Å². The number of benzene rings is 1. The molecule has 2 heterocycles. The summed E-state index contributed by atoms with van der Waals surface area (Å²) in [6.07, 6.45) is -2.49. The van der Waals surface area contributed by atoms with E-state index in [4.69, 9.17) is 23.7 Å². The fraction of sp³-hybridized carbons (Fsp3) is 0.588. The van der Waals surface area contributed by atoms with E-state index < -0.39 is 36.4 Å². The zero-order valence-electron chi connectivity index (χ0n) is 13.6. The van der Waals surface area contributed by atoms with Crippen LogP contribution in [0, 0.1) is 0 Å². The molecule has 2 saturated heterocycles. The van der Waals surface area contributed by atoms with Crippen LogP contribution in [0.3, 0.4) is 0 Å². The Morgan fingerprint density at radius 1 is 1.22 bits per heavy atom. The average Bonchev–Trinajstić information content (AvgIpc) is 2.98. The monoisotopic (exact) mass is 322 g/mol. The number of esters is 1. The van der Waals surface area contributed by atoms with E-state index in [9.17, 15) is 4.79 Å². The molecule has 0 aliphatic carbocycles. The van der Waals surface area contributed by atoms with E-state index in [1.165, 1.54) is 0 Å². The van der Waals surface area contributed by atoms with Crippen molar-refractivity contribution in [1.82, 2.24) is 0 Å². The number of carbonyl (C=O) groups excluding carboxylic acids is 1. The second kappa shape index (κ2) is 6.57. The molecular weight excluding hydrogens is 300 g/mol. The molecule has 0 N–H and O–H groups in total. The van der Waals surface area contributed by atoms with Crippen LogP contribution in [-0.4, -0.2) is 43.0 Å². The molecule has 0 amide bonds. The quantitative estimate of drug-likeness (QED) is 0.773. The summed E-state index contributed by atoms with van der Waals surface area (Å²) in [5.74, 6) is -1.21. The van der Waals surface area contributed by atoms with E-state index >= 15 is 0 Å². The first-order valence-corrected chi connectivity index (χ1v) is 7.83. The summed E-state index contributed by atoms with van der Waals surface area (Å²) < 4.78 is 28.2. The molecule has 1 aromatic carbocycles. The van der Waals surface area contributed by atoms with Crippen molar-refractivity contribution < 1.29 is 28.5 Å². The zero-order valence-corrected chi connectivity index (χ0v) is 13.6. The van der Waals surface area contributed by atoms with Crippen molar-refractivity contribution in [2.24, 2.45) is 0 Å². The summed E-state index contributed by atoms with van der Waals surface area (Å²) in [6, 6.07) is 9.74. The molecule has 2 aliphatic rings. The molecule has 2 aliphatic heterocycles. The molecule has 0 saturated carbocycles. The molecule has 0 spiro atoms. The maximum Gasteiger partial charge on any atom is 0.338 e. The van der Waals surface area contributed by atoms with Crippen LogP contribution in [0.25, 0.3) is 0 Å². The minimum atomic E-state index is -0.843. The molecular formula is C17H22O6. The SMILES string of the molecule is CCOC(=O)[C@H]1O[C@@H]2OC(C)(C)O[C@@H]2[C@H]1OCc1ccccc1. The predicted octanol–water partition coefficient (Wildman–Crippen LogP) is 2.01. The maximum absolute atomic E-state index is 12.1. The fourth-order valence-corrected chi connectivity index (χ4v) is 2.84. The van der Waals surface area contributed by atoms with Gasteiger partial charge in [0.2, 0.25) is 0 Å². The van der Waals surface area contributed by atoms with E-state index in [-0.39, 0.29) is 6.61 Å². The third-order valence-electron chi connectivity index (χ3n) is 3.80. The lowest BCUT2D eigenvalue weighted by Crippen LogP contribution is -2.41. The van der Waals surface area contributed by atoms with Gasteiger partial charge >= 0.3 is 5.97 Å². The standard InChI is InChI=1S/C17H22O6/c1-4-19-15(18)13-12(20-10-11-8-6-5-7-9-11)14-16(21-13)23-17(2,3)22-14/h5-9,12-14,16H,4,10H2,1-3H3/t12-,13-,14+,16+/m0/s1. The van der Waals surface area contributed by atoms with Crippen LogP contribution in [0.1, 0.15) is 26.3 Å². The number of carbonyl (C=O) groups is 1. The van der Waals surface area contributed by atoms with Crippen molar-refractivity contribution in [3.8, 4) is 0 Å². The second-order valence-electron chi connectivity index (χ2n) is 6.04. The Balaban J connectivity index is 1.72. The van der Waals surface area contributed by atoms with Crippen LogP contribution in [0.4, 0.5) is 0 Å². The van der Waals surface area contributed by atoms with Crippen LogP contribution in [-0.2, 0) is 35.1 Å². The van der Waals surface area contributed by atoms with Gasteiger partial charge in [-0.15, -0.1) is 0 Å². The topological polar surface area (TPSA) is 63.2 Å². The van der Waals surface area contributed by atoms with Crippen molar-refractivity contribution >= 4 is 5.97 Å². The van der Waals surface area contributed by atoms with Gasteiger partial charge in [-0.3, -0.25) is 0 Å². The smallest absolute Gasteiger partial charge is 0.338 e. The first-order valence-electron chi connectivity index (χ1n) is 7.83. The highest BCUT2D eigenvalue weighted by Gasteiger charge is 2.58. The molecule has 126 valence electrons. The normalized spacial score (nSPS) is 31.8. The minimum absolute atomic E-state index is 0.284. The van der Waals surface area contributed by atoms with Gasteiger partial charge in [0.1, 0.15) is 12.2 Å². The first kappa shape index (κ1) is 16.4. The first-order chi connectivity index (χ1) is 11.0.